The van der Waals surface area contributed by atoms with Crippen molar-refractivity contribution >= 4 is 21.7 Å². The molecule has 0 radical (unpaired) electrons. The lowest BCUT2D eigenvalue weighted by Gasteiger charge is -2.33. The molecule has 120 valence electrons. The van der Waals surface area contributed by atoms with Gasteiger partial charge in [0, 0.05) is 31.5 Å². The number of piperidine rings is 1. The number of aromatic nitrogens is 2. The standard InChI is InChI=1S/C14H20N4O3S/c19-13(11-4-8-22(20,21)10-11)17-12-3-1-7-18(9-12)14-15-5-2-6-16-14/h2,5-6,11-12H,1,3-4,7-10H2,(H,17,19)/t11-,12-/m0/s1. The van der Waals surface area contributed by atoms with Gasteiger partial charge < -0.3 is 10.2 Å². The summed E-state index contributed by atoms with van der Waals surface area (Å²) < 4.78 is 22.9. The lowest BCUT2D eigenvalue weighted by atomic mass is 10.0. The van der Waals surface area contributed by atoms with Crippen molar-refractivity contribution in [1.29, 1.82) is 0 Å². The van der Waals surface area contributed by atoms with E-state index in [-0.39, 0.29) is 23.5 Å². The Morgan fingerprint density at radius 1 is 1.27 bits per heavy atom. The Labute approximate surface area is 130 Å². The highest BCUT2D eigenvalue weighted by molar-refractivity contribution is 7.91. The van der Waals surface area contributed by atoms with Gasteiger partial charge in [-0.05, 0) is 25.3 Å². The summed E-state index contributed by atoms with van der Waals surface area (Å²) in [5.74, 6) is 0.247. The average molecular weight is 324 g/mol. The number of hydrogen-bond acceptors (Lipinski definition) is 6. The molecule has 22 heavy (non-hydrogen) atoms. The molecule has 1 aromatic rings. The minimum Gasteiger partial charge on any atom is -0.351 e. The summed E-state index contributed by atoms with van der Waals surface area (Å²) in [7, 11) is -3.03. The number of carbonyl (C=O) groups is 1. The maximum Gasteiger partial charge on any atom is 0.225 e. The summed E-state index contributed by atoms with van der Waals surface area (Å²) in [5, 5.41) is 3.00. The lowest BCUT2D eigenvalue weighted by Crippen LogP contribution is -2.49. The Hall–Kier alpha value is -1.70. The van der Waals surface area contributed by atoms with Crippen molar-refractivity contribution in [2.24, 2.45) is 5.92 Å². The van der Waals surface area contributed by atoms with Gasteiger partial charge in [0.15, 0.2) is 9.84 Å². The number of anilines is 1. The Bertz CT molecular complexity index is 635. The zero-order valence-electron chi connectivity index (χ0n) is 12.3. The average Bonchev–Trinajstić information content (AvgIpc) is 2.89. The van der Waals surface area contributed by atoms with Crippen LogP contribution in [0.4, 0.5) is 5.95 Å². The minimum atomic E-state index is -3.03. The highest BCUT2D eigenvalue weighted by Crippen LogP contribution is 2.20. The smallest absolute Gasteiger partial charge is 0.225 e. The molecule has 2 saturated heterocycles. The third-order valence-corrected chi connectivity index (χ3v) is 5.97. The molecule has 8 heteroatoms. The summed E-state index contributed by atoms with van der Waals surface area (Å²) in [4.78, 5) is 22.7. The molecule has 1 N–H and O–H groups in total. The van der Waals surface area contributed by atoms with Gasteiger partial charge in [0.05, 0.1) is 17.4 Å². The number of rotatable bonds is 3. The van der Waals surface area contributed by atoms with Crippen LogP contribution in [0.25, 0.3) is 0 Å². The van der Waals surface area contributed by atoms with Gasteiger partial charge in [-0.3, -0.25) is 4.79 Å². The molecule has 2 aliphatic heterocycles. The molecule has 2 atom stereocenters. The van der Waals surface area contributed by atoms with Crippen LogP contribution in [0.1, 0.15) is 19.3 Å². The van der Waals surface area contributed by atoms with Gasteiger partial charge >= 0.3 is 0 Å². The van der Waals surface area contributed by atoms with Gasteiger partial charge in [-0.15, -0.1) is 0 Å². The highest BCUT2D eigenvalue weighted by Gasteiger charge is 2.34. The summed E-state index contributed by atoms with van der Waals surface area (Å²) in [6.45, 7) is 1.53. The van der Waals surface area contributed by atoms with E-state index in [1.807, 2.05) is 0 Å². The Balaban J connectivity index is 1.58. The molecule has 2 fully saturated rings. The fourth-order valence-electron chi connectivity index (χ4n) is 3.05. The summed E-state index contributed by atoms with van der Waals surface area (Å²) in [5.41, 5.74) is 0. The quantitative estimate of drug-likeness (QED) is 0.841. The Kier molecular flexibility index (Phi) is 4.28. The summed E-state index contributed by atoms with van der Waals surface area (Å²) in [6.07, 6.45) is 5.69. The second-order valence-corrected chi connectivity index (χ2v) is 8.17. The highest BCUT2D eigenvalue weighted by atomic mass is 32.2. The Morgan fingerprint density at radius 2 is 2.05 bits per heavy atom. The topological polar surface area (TPSA) is 92.3 Å². The number of sulfone groups is 1. The second-order valence-electron chi connectivity index (χ2n) is 5.94. The van der Waals surface area contributed by atoms with Gasteiger partial charge in [-0.2, -0.15) is 0 Å². The van der Waals surface area contributed by atoms with E-state index in [1.54, 1.807) is 18.5 Å². The van der Waals surface area contributed by atoms with E-state index < -0.39 is 15.8 Å². The second kappa shape index (κ2) is 6.20. The van der Waals surface area contributed by atoms with Crippen LogP contribution in [-0.4, -0.2) is 54.9 Å². The predicted octanol–water partition coefficient (Wildman–Crippen LogP) is -0.00370. The number of amides is 1. The van der Waals surface area contributed by atoms with Gasteiger partial charge in [-0.25, -0.2) is 18.4 Å². The minimum absolute atomic E-state index is 0.0168. The Morgan fingerprint density at radius 3 is 2.73 bits per heavy atom. The molecule has 2 aliphatic rings. The van der Waals surface area contributed by atoms with Crippen molar-refractivity contribution in [1.82, 2.24) is 15.3 Å². The lowest BCUT2D eigenvalue weighted by molar-refractivity contribution is -0.125. The predicted molar refractivity (Wildman–Crippen MR) is 82.2 cm³/mol. The molecular formula is C14H20N4O3S. The van der Waals surface area contributed by atoms with Crippen LogP contribution in [-0.2, 0) is 14.6 Å². The molecule has 0 aromatic carbocycles. The van der Waals surface area contributed by atoms with Crippen LogP contribution in [0, 0.1) is 5.92 Å². The molecule has 0 bridgehead atoms. The zero-order chi connectivity index (χ0) is 15.6. The van der Waals surface area contributed by atoms with Crippen molar-refractivity contribution in [3.8, 4) is 0 Å². The zero-order valence-corrected chi connectivity index (χ0v) is 13.1. The fourth-order valence-corrected chi connectivity index (χ4v) is 4.79. The number of nitrogens with zero attached hydrogens (tertiary/aromatic N) is 3. The van der Waals surface area contributed by atoms with Crippen LogP contribution >= 0.6 is 0 Å². The largest absolute Gasteiger partial charge is 0.351 e. The van der Waals surface area contributed by atoms with E-state index in [1.165, 1.54) is 0 Å². The van der Waals surface area contributed by atoms with E-state index in [9.17, 15) is 13.2 Å². The molecule has 1 aromatic heterocycles. The van der Waals surface area contributed by atoms with Crippen molar-refractivity contribution in [2.75, 3.05) is 29.5 Å². The molecule has 1 amide bonds. The monoisotopic (exact) mass is 324 g/mol. The maximum atomic E-state index is 12.2. The van der Waals surface area contributed by atoms with E-state index in [2.05, 4.69) is 20.2 Å². The SMILES string of the molecule is O=C(N[C@H]1CCCN(c2ncccn2)C1)[C@H]1CCS(=O)(=O)C1. The van der Waals surface area contributed by atoms with Crippen LogP contribution in [0.3, 0.4) is 0 Å². The van der Waals surface area contributed by atoms with E-state index >= 15 is 0 Å². The molecule has 3 heterocycles. The van der Waals surface area contributed by atoms with E-state index in [4.69, 9.17) is 0 Å². The molecule has 0 spiro atoms. The third kappa shape index (κ3) is 3.55. The number of hydrogen-bond donors (Lipinski definition) is 1. The molecule has 7 nitrogen and oxygen atoms in total. The molecule has 3 rings (SSSR count). The fraction of sp³-hybridized carbons (Fsp3) is 0.643. The normalized spacial score (nSPS) is 27.5. The molecule has 0 saturated carbocycles. The molecular weight excluding hydrogens is 304 g/mol. The van der Waals surface area contributed by atoms with E-state index in [0.29, 0.717) is 18.9 Å². The van der Waals surface area contributed by atoms with Crippen LogP contribution < -0.4 is 10.2 Å². The first-order valence-corrected chi connectivity index (χ1v) is 9.38. The van der Waals surface area contributed by atoms with Gasteiger partial charge in [0.25, 0.3) is 0 Å². The van der Waals surface area contributed by atoms with Gasteiger partial charge in [0.2, 0.25) is 11.9 Å². The first kappa shape index (κ1) is 15.2. The third-order valence-electron chi connectivity index (χ3n) is 4.21. The van der Waals surface area contributed by atoms with Crippen LogP contribution in [0.2, 0.25) is 0 Å². The van der Waals surface area contributed by atoms with E-state index in [0.717, 1.165) is 19.4 Å². The number of nitrogens with one attached hydrogen (secondary N) is 1. The summed E-state index contributed by atoms with van der Waals surface area (Å²) in [6, 6.07) is 1.79. The molecule has 0 aliphatic carbocycles. The van der Waals surface area contributed by atoms with Crippen molar-refractivity contribution in [3.63, 3.8) is 0 Å². The van der Waals surface area contributed by atoms with Gasteiger partial charge in [0.1, 0.15) is 0 Å². The van der Waals surface area contributed by atoms with Crippen molar-refractivity contribution in [3.05, 3.63) is 18.5 Å². The van der Waals surface area contributed by atoms with Gasteiger partial charge in [-0.1, -0.05) is 0 Å². The maximum absolute atomic E-state index is 12.2. The van der Waals surface area contributed by atoms with Crippen molar-refractivity contribution < 1.29 is 13.2 Å². The molecule has 0 unspecified atom stereocenters. The summed E-state index contributed by atoms with van der Waals surface area (Å²) >= 11 is 0. The number of carbonyl (C=O) groups excluding carboxylic acids is 1. The van der Waals surface area contributed by atoms with Crippen molar-refractivity contribution in [2.45, 2.75) is 25.3 Å². The van der Waals surface area contributed by atoms with Crippen LogP contribution in [0.15, 0.2) is 18.5 Å². The first-order chi connectivity index (χ1) is 10.5. The van der Waals surface area contributed by atoms with Crippen LogP contribution in [0.5, 0.6) is 0 Å². The first-order valence-electron chi connectivity index (χ1n) is 7.56.